The number of halogens is 1. The topological polar surface area (TPSA) is 64.9 Å². The molecule has 0 bridgehead atoms. The van der Waals surface area contributed by atoms with Gasteiger partial charge in [-0.15, -0.1) is 10.2 Å². The molecule has 0 saturated heterocycles. The predicted octanol–water partition coefficient (Wildman–Crippen LogP) is 2.20. The molecule has 0 amide bonds. The number of aromatic nitrogens is 2. The van der Waals surface area contributed by atoms with E-state index in [0.717, 1.165) is 11.1 Å². The molecule has 2 N–H and O–H groups in total. The summed E-state index contributed by atoms with van der Waals surface area (Å²) >= 11 is 5.96. The normalized spacial score (nSPS) is 10.7. The van der Waals surface area contributed by atoms with Gasteiger partial charge >= 0.3 is 0 Å². The van der Waals surface area contributed by atoms with Crippen molar-refractivity contribution in [1.82, 2.24) is 10.2 Å². The summed E-state index contributed by atoms with van der Waals surface area (Å²) in [6.07, 6.45) is 0.590. The van der Waals surface area contributed by atoms with Crippen LogP contribution in [0.5, 0.6) is 0 Å². The van der Waals surface area contributed by atoms with Crippen LogP contribution >= 0.6 is 11.6 Å². The number of hydrogen-bond donors (Lipinski definition) is 1. The van der Waals surface area contributed by atoms with Gasteiger partial charge in [-0.3, -0.25) is 0 Å². The summed E-state index contributed by atoms with van der Waals surface area (Å²) in [4.78, 5) is 0. The summed E-state index contributed by atoms with van der Waals surface area (Å²) < 4.78 is 5.46. The minimum atomic E-state index is 0.481. The molecule has 84 valence electrons. The quantitative estimate of drug-likeness (QED) is 0.889. The van der Waals surface area contributed by atoms with Gasteiger partial charge in [0, 0.05) is 23.6 Å². The number of rotatable bonds is 3. The minimum absolute atomic E-state index is 0.481. The van der Waals surface area contributed by atoms with Crippen molar-refractivity contribution < 1.29 is 4.42 Å². The smallest absolute Gasteiger partial charge is 0.247 e. The van der Waals surface area contributed by atoms with E-state index in [1.165, 1.54) is 0 Å². The van der Waals surface area contributed by atoms with Gasteiger partial charge in [-0.1, -0.05) is 11.6 Å². The molecule has 0 atom stereocenters. The second-order valence-corrected chi connectivity index (χ2v) is 3.99. The van der Waals surface area contributed by atoms with E-state index in [1.54, 1.807) is 6.07 Å². The number of benzene rings is 1. The molecule has 2 aromatic rings. The monoisotopic (exact) mass is 237 g/mol. The van der Waals surface area contributed by atoms with E-state index in [-0.39, 0.29) is 0 Å². The lowest BCUT2D eigenvalue weighted by Crippen LogP contribution is -2.02. The van der Waals surface area contributed by atoms with Crippen molar-refractivity contribution in [2.45, 2.75) is 13.3 Å². The number of aryl methyl sites for hydroxylation is 1. The molecule has 2 rings (SSSR count). The highest BCUT2D eigenvalue weighted by Crippen LogP contribution is 2.23. The van der Waals surface area contributed by atoms with Crippen molar-refractivity contribution in [3.63, 3.8) is 0 Å². The zero-order valence-electron chi connectivity index (χ0n) is 8.90. The molecule has 1 aromatic carbocycles. The number of hydrogen-bond acceptors (Lipinski definition) is 4. The van der Waals surface area contributed by atoms with Gasteiger partial charge in [0.2, 0.25) is 11.8 Å². The second-order valence-electron chi connectivity index (χ2n) is 3.56. The molecular weight excluding hydrogens is 226 g/mol. The molecule has 5 heteroatoms. The van der Waals surface area contributed by atoms with Gasteiger partial charge in [-0.25, -0.2) is 0 Å². The highest BCUT2D eigenvalue weighted by atomic mass is 35.5. The molecule has 1 heterocycles. The van der Waals surface area contributed by atoms with Crippen molar-refractivity contribution >= 4 is 11.6 Å². The summed E-state index contributed by atoms with van der Waals surface area (Å²) in [5.74, 6) is 1.03. The first-order valence-corrected chi connectivity index (χ1v) is 5.37. The van der Waals surface area contributed by atoms with Crippen LogP contribution in [0.25, 0.3) is 11.5 Å². The van der Waals surface area contributed by atoms with Crippen LogP contribution < -0.4 is 5.73 Å². The Morgan fingerprint density at radius 3 is 2.81 bits per heavy atom. The fourth-order valence-corrected chi connectivity index (χ4v) is 1.74. The van der Waals surface area contributed by atoms with Crippen molar-refractivity contribution in [3.05, 3.63) is 34.7 Å². The summed E-state index contributed by atoms with van der Waals surface area (Å²) in [6.45, 7) is 2.46. The lowest BCUT2D eigenvalue weighted by atomic mass is 10.1. The van der Waals surface area contributed by atoms with E-state index < -0.39 is 0 Å². The molecule has 0 unspecified atom stereocenters. The van der Waals surface area contributed by atoms with Crippen molar-refractivity contribution in [3.8, 4) is 11.5 Å². The summed E-state index contributed by atoms with van der Waals surface area (Å²) in [5, 5.41) is 8.52. The molecule has 0 radical (unpaired) electrons. The molecule has 0 spiro atoms. The molecular formula is C11H12ClN3O. The van der Waals surface area contributed by atoms with Crippen LogP contribution in [0, 0.1) is 6.92 Å². The third kappa shape index (κ3) is 2.40. The third-order valence-corrected chi connectivity index (χ3v) is 2.33. The number of nitrogens with zero attached hydrogens (tertiary/aromatic N) is 2. The van der Waals surface area contributed by atoms with Gasteiger partial charge in [-0.05, 0) is 30.7 Å². The fourth-order valence-electron chi connectivity index (χ4n) is 1.45. The highest BCUT2D eigenvalue weighted by molar-refractivity contribution is 6.30. The summed E-state index contributed by atoms with van der Waals surface area (Å²) in [6, 6.07) is 5.63. The summed E-state index contributed by atoms with van der Waals surface area (Å²) in [5.41, 5.74) is 7.30. The highest BCUT2D eigenvalue weighted by Gasteiger charge is 2.08. The van der Waals surface area contributed by atoms with Gasteiger partial charge < -0.3 is 10.2 Å². The third-order valence-electron chi connectivity index (χ3n) is 2.11. The van der Waals surface area contributed by atoms with E-state index in [1.807, 2.05) is 19.1 Å². The van der Waals surface area contributed by atoms with Gasteiger partial charge in [-0.2, -0.15) is 0 Å². The van der Waals surface area contributed by atoms with E-state index in [0.29, 0.717) is 29.8 Å². The minimum Gasteiger partial charge on any atom is -0.421 e. The van der Waals surface area contributed by atoms with Crippen LogP contribution in [0.1, 0.15) is 11.5 Å². The number of nitrogens with two attached hydrogens (primary N) is 1. The van der Waals surface area contributed by atoms with E-state index in [4.69, 9.17) is 21.8 Å². The van der Waals surface area contributed by atoms with Crippen LogP contribution in [0.15, 0.2) is 22.6 Å². The van der Waals surface area contributed by atoms with Crippen molar-refractivity contribution in [1.29, 1.82) is 0 Å². The largest absolute Gasteiger partial charge is 0.421 e. The SMILES string of the molecule is Cc1cc(Cl)cc(-c2nnc(CCN)o2)c1. The van der Waals surface area contributed by atoms with E-state index in [9.17, 15) is 0 Å². The standard InChI is InChI=1S/C11H12ClN3O/c1-7-4-8(6-9(12)5-7)11-15-14-10(16-11)2-3-13/h4-6H,2-3,13H2,1H3. The molecule has 0 aliphatic rings. The molecule has 4 nitrogen and oxygen atoms in total. The molecule has 0 aliphatic carbocycles. The Labute approximate surface area is 98.4 Å². The van der Waals surface area contributed by atoms with Crippen molar-refractivity contribution in [2.24, 2.45) is 5.73 Å². The van der Waals surface area contributed by atoms with Crippen LogP contribution in [0.3, 0.4) is 0 Å². The Bertz CT molecular complexity index is 475. The van der Waals surface area contributed by atoms with Crippen LogP contribution in [0.4, 0.5) is 0 Å². The van der Waals surface area contributed by atoms with Gasteiger partial charge in [0.15, 0.2) is 0 Å². The summed E-state index contributed by atoms with van der Waals surface area (Å²) in [7, 11) is 0. The fraction of sp³-hybridized carbons (Fsp3) is 0.273. The van der Waals surface area contributed by atoms with Crippen LogP contribution in [-0.2, 0) is 6.42 Å². The van der Waals surface area contributed by atoms with Crippen LogP contribution in [-0.4, -0.2) is 16.7 Å². The van der Waals surface area contributed by atoms with E-state index in [2.05, 4.69) is 10.2 Å². The van der Waals surface area contributed by atoms with Crippen molar-refractivity contribution in [2.75, 3.05) is 6.54 Å². The molecule has 16 heavy (non-hydrogen) atoms. The Balaban J connectivity index is 2.34. The maximum Gasteiger partial charge on any atom is 0.247 e. The predicted molar refractivity (Wildman–Crippen MR) is 62.2 cm³/mol. The molecule has 0 aliphatic heterocycles. The van der Waals surface area contributed by atoms with Gasteiger partial charge in [0.05, 0.1) is 0 Å². The lowest BCUT2D eigenvalue weighted by molar-refractivity contribution is 0.507. The Morgan fingerprint density at radius 2 is 2.12 bits per heavy atom. The maximum absolute atomic E-state index is 5.96. The lowest BCUT2D eigenvalue weighted by Gasteiger charge is -1.98. The van der Waals surface area contributed by atoms with Gasteiger partial charge in [0.25, 0.3) is 0 Å². The first-order valence-electron chi connectivity index (χ1n) is 4.99. The molecule has 0 fully saturated rings. The van der Waals surface area contributed by atoms with Gasteiger partial charge in [0.1, 0.15) is 0 Å². The molecule has 1 aromatic heterocycles. The average molecular weight is 238 g/mol. The Hall–Kier alpha value is -1.39. The Kier molecular flexibility index (Phi) is 3.22. The average Bonchev–Trinajstić information content (AvgIpc) is 2.65. The zero-order chi connectivity index (χ0) is 11.5. The van der Waals surface area contributed by atoms with E-state index >= 15 is 0 Å². The first kappa shape index (κ1) is 11.1. The second kappa shape index (κ2) is 4.63. The Morgan fingerprint density at radius 1 is 1.31 bits per heavy atom. The molecule has 0 saturated carbocycles. The maximum atomic E-state index is 5.96. The van der Waals surface area contributed by atoms with Crippen LogP contribution in [0.2, 0.25) is 5.02 Å². The zero-order valence-corrected chi connectivity index (χ0v) is 9.66. The first-order chi connectivity index (χ1) is 7.69.